The third kappa shape index (κ3) is 2.46. The Bertz CT molecular complexity index is 495. The SMILES string of the molecule is Cn1cc(CNc2cccc(Cl)c2Cl)nn1. The Kier molecular flexibility index (Phi) is 3.31. The van der Waals surface area contributed by atoms with Gasteiger partial charge in [0.05, 0.1) is 22.3 Å². The van der Waals surface area contributed by atoms with E-state index in [0.29, 0.717) is 16.6 Å². The van der Waals surface area contributed by atoms with E-state index in [1.165, 1.54) is 0 Å². The van der Waals surface area contributed by atoms with Gasteiger partial charge in [0.15, 0.2) is 0 Å². The standard InChI is InChI=1S/C10H10Cl2N4/c1-16-6-7(14-15-16)5-13-9-4-2-3-8(11)10(9)12/h2-4,6,13H,5H2,1H3. The van der Waals surface area contributed by atoms with E-state index in [4.69, 9.17) is 23.2 Å². The van der Waals surface area contributed by atoms with Gasteiger partial charge in [0.25, 0.3) is 0 Å². The minimum atomic E-state index is 0.521. The predicted octanol–water partition coefficient (Wildman–Crippen LogP) is 2.73. The molecular weight excluding hydrogens is 247 g/mol. The molecule has 0 bridgehead atoms. The molecule has 1 aromatic heterocycles. The van der Waals surface area contributed by atoms with Gasteiger partial charge in [-0.2, -0.15) is 0 Å². The van der Waals surface area contributed by atoms with Crippen LogP contribution in [0.4, 0.5) is 5.69 Å². The number of halogens is 2. The molecule has 0 radical (unpaired) electrons. The van der Waals surface area contributed by atoms with Crippen molar-refractivity contribution in [1.82, 2.24) is 15.0 Å². The average molecular weight is 257 g/mol. The van der Waals surface area contributed by atoms with Crippen LogP contribution in [-0.4, -0.2) is 15.0 Å². The van der Waals surface area contributed by atoms with Crippen LogP contribution in [0.1, 0.15) is 5.69 Å². The van der Waals surface area contributed by atoms with Crippen LogP contribution in [0.3, 0.4) is 0 Å². The van der Waals surface area contributed by atoms with Crippen LogP contribution in [-0.2, 0) is 13.6 Å². The second-order valence-corrected chi connectivity index (χ2v) is 4.12. The fraction of sp³-hybridized carbons (Fsp3) is 0.200. The zero-order chi connectivity index (χ0) is 11.5. The Morgan fingerprint density at radius 1 is 1.38 bits per heavy atom. The summed E-state index contributed by atoms with van der Waals surface area (Å²) < 4.78 is 1.65. The molecule has 0 saturated heterocycles. The molecule has 1 aromatic carbocycles. The fourth-order valence-electron chi connectivity index (χ4n) is 1.30. The van der Waals surface area contributed by atoms with Crippen LogP contribution in [0, 0.1) is 0 Å². The molecule has 0 amide bonds. The second kappa shape index (κ2) is 4.72. The molecule has 0 spiro atoms. The third-order valence-corrected chi connectivity index (χ3v) is 2.88. The summed E-state index contributed by atoms with van der Waals surface area (Å²) in [4.78, 5) is 0. The predicted molar refractivity (Wildman–Crippen MR) is 64.8 cm³/mol. The number of nitrogens with zero attached hydrogens (tertiary/aromatic N) is 3. The largest absolute Gasteiger partial charge is 0.378 e. The summed E-state index contributed by atoms with van der Waals surface area (Å²) >= 11 is 11.9. The lowest BCUT2D eigenvalue weighted by Crippen LogP contribution is -2.00. The van der Waals surface area contributed by atoms with Crippen molar-refractivity contribution in [2.24, 2.45) is 7.05 Å². The highest BCUT2D eigenvalue weighted by atomic mass is 35.5. The second-order valence-electron chi connectivity index (χ2n) is 3.34. The van der Waals surface area contributed by atoms with Crippen molar-refractivity contribution >= 4 is 28.9 Å². The van der Waals surface area contributed by atoms with E-state index in [-0.39, 0.29) is 0 Å². The van der Waals surface area contributed by atoms with Crippen LogP contribution in [0.2, 0.25) is 10.0 Å². The van der Waals surface area contributed by atoms with E-state index in [9.17, 15) is 0 Å². The number of aromatic nitrogens is 3. The first-order valence-corrected chi connectivity index (χ1v) is 5.45. The Hall–Kier alpha value is -1.26. The van der Waals surface area contributed by atoms with Gasteiger partial charge in [-0.15, -0.1) is 5.10 Å². The maximum Gasteiger partial charge on any atom is 0.102 e. The molecule has 84 valence electrons. The highest BCUT2D eigenvalue weighted by Crippen LogP contribution is 2.29. The van der Waals surface area contributed by atoms with Crippen LogP contribution >= 0.6 is 23.2 Å². The molecular formula is C10H10Cl2N4. The van der Waals surface area contributed by atoms with Gasteiger partial charge in [-0.25, -0.2) is 0 Å². The van der Waals surface area contributed by atoms with Gasteiger partial charge in [0.2, 0.25) is 0 Å². The maximum absolute atomic E-state index is 6.03. The first-order chi connectivity index (χ1) is 7.66. The van der Waals surface area contributed by atoms with Crippen molar-refractivity contribution in [3.8, 4) is 0 Å². The summed E-state index contributed by atoms with van der Waals surface area (Å²) in [5, 5.41) is 12.0. The van der Waals surface area contributed by atoms with E-state index in [2.05, 4.69) is 15.6 Å². The topological polar surface area (TPSA) is 42.7 Å². The zero-order valence-electron chi connectivity index (χ0n) is 8.61. The van der Waals surface area contributed by atoms with E-state index in [0.717, 1.165) is 11.4 Å². The molecule has 0 atom stereocenters. The van der Waals surface area contributed by atoms with E-state index >= 15 is 0 Å². The lowest BCUT2D eigenvalue weighted by Gasteiger charge is -2.07. The normalized spacial score (nSPS) is 10.4. The Labute approximate surface area is 103 Å². The molecule has 0 aliphatic carbocycles. The van der Waals surface area contributed by atoms with Crippen LogP contribution in [0.15, 0.2) is 24.4 Å². The summed E-state index contributed by atoms with van der Waals surface area (Å²) in [5.41, 5.74) is 1.64. The van der Waals surface area contributed by atoms with Crippen molar-refractivity contribution in [1.29, 1.82) is 0 Å². The van der Waals surface area contributed by atoms with Crippen molar-refractivity contribution in [2.75, 3.05) is 5.32 Å². The number of nitrogens with one attached hydrogen (secondary N) is 1. The Morgan fingerprint density at radius 2 is 2.19 bits per heavy atom. The Morgan fingerprint density at radius 3 is 2.88 bits per heavy atom. The maximum atomic E-state index is 6.03. The molecule has 1 N–H and O–H groups in total. The first-order valence-electron chi connectivity index (χ1n) is 4.70. The molecule has 2 rings (SSSR count). The third-order valence-electron chi connectivity index (χ3n) is 2.06. The molecule has 6 heteroatoms. The van der Waals surface area contributed by atoms with Crippen molar-refractivity contribution in [3.63, 3.8) is 0 Å². The lowest BCUT2D eigenvalue weighted by molar-refractivity contribution is 0.713. The molecule has 0 unspecified atom stereocenters. The summed E-state index contributed by atoms with van der Waals surface area (Å²) in [6, 6.07) is 5.45. The van der Waals surface area contributed by atoms with Gasteiger partial charge in [-0.3, -0.25) is 4.68 Å². The molecule has 1 heterocycles. The number of anilines is 1. The van der Waals surface area contributed by atoms with E-state index < -0.39 is 0 Å². The number of rotatable bonds is 3. The van der Waals surface area contributed by atoms with Gasteiger partial charge in [0, 0.05) is 13.2 Å². The van der Waals surface area contributed by atoms with Crippen LogP contribution < -0.4 is 5.32 Å². The van der Waals surface area contributed by atoms with Crippen molar-refractivity contribution in [2.45, 2.75) is 6.54 Å². The summed E-state index contributed by atoms with van der Waals surface area (Å²) in [5.74, 6) is 0. The smallest absolute Gasteiger partial charge is 0.102 e. The van der Waals surface area contributed by atoms with E-state index in [1.807, 2.05) is 25.4 Å². The summed E-state index contributed by atoms with van der Waals surface area (Å²) in [6.45, 7) is 0.563. The monoisotopic (exact) mass is 256 g/mol. The number of aryl methyl sites for hydroxylation is 1. The molecule has 16 heavy (non-hydrogen) atoms. The first kappa shape index (κ1) is 11.2. The van der Waals surface area contributed by atoms with E-state index in [1.54, 1.807) is 10.7 Å². The van der Waals surface area contributed by atoms with Crippen LogP contribution in [0.25, 0.3) is 0 Å². The van der Waals surface area contributed by atoms with Gasteiger partial charge in [-0.1, -0.05) is 34.5 Å². The molecule has 4 nitrogen and oxygen atoms in total. The fourth-order valence-corrected chi connectivity index (χ4v) is 1.67. The molecule has 0 aliphatic heterocycles. The number of hydrogen-bond donors (Lipinski definition) is 1. The number of benzene rings is 1. The number of hydrogen-bond acceptors (Lipinski definition) is 3. The van der Waals surface area contributed by atoms with Crippen LogP contribution in [0.5, 0.6) is 0 Å². The molecule has 2 aromatic rings. The molecule has 0 aliphatic rings. The zero-order valence-corrected chi connectivity index (χ0v) is 10.1. The van der Waals surface area contributed by atoms with Gasteiger partial charge >= 0.3 is 0 Å². The highest BCUT2D eigenvalue weighted by molar-refractivity contribution is 6.43. The van der Waals surface area contributed by atoms with Gasteiger partial charge in [-0.05, 0) is 12.1 Å². The summed E-state index contributed by atoms with van der Waals surface area (Å²) in [6.07, 6.45) is 1.84. The van der Waals surface area contributed by atoms with Gasteiger partial charge < -0.3 is 5.32 Å². The molecule has 0 fully saturated rings. The molecule has 0 saturated carbocycles. The minimum Gasteiger partial charge on any atom is -0.378 e. The lowest BCUT2D eigenvalue weighted by atomic mass is 10.3. The Balaban J connectivity index is 2.07. The quantitative estimate of drug-likeness (QED) is 0.919. The minimum absolute atomic E-state index is 0.521. The summed E-state index contributed by atoms with van der Waals surface area (Å²) in [7, 11) is 1.82. The van der Waals surface area contributed by atoms with Crippen molar-refractivity contribution < 1.29 is 0 Å². The van der Waals surface area contributed by atoms with Crippen molar-refractivity contribution in [3.05, 3.63) is 40.1 Å². The average Bonchev–Trinajstić information content (AvgIpc) is 2.67. The van der Waals surface area contributed by atoms with Gasteiger partial charge in [0.1, 0.15) is 5.69 Å². The highest BCUT2D eigenvalue weighted by Gasteiger charge is 2.04.